The number of hydrogen-bond donors (Lipinski definition) is 0. The number of benzene rings is 1. The number of aromatic nitrogens is 2. The number of unbranched alkanes of at least 4 members (excludes halogenated alkanes) is 1. The summed E-state index contributed by atoms with van der Waals surface area (Å²) >= 11 is 0. The number of hydrogen-bond acceptors (Lipinski definition) is 1. The van der Waals surface area contributed by atoms with Gasteiger partial charge in [0.05, 0.1) is 0 Å². The summed E-state index contributed by atoms with van der Waals surface area (Å²) in [5.41, 5.74) is 2.93. The Morgan fingerprint density at radius 1 is 0.957 bits per heavy atom. The van der Waals surface area contributed by atoms with E-state index in [0.29, 0.717) is 0 Å². The van der Waals surface area contributed by atoms with Gasteiger partial charge in [0.15, 0.2) is 6.54 Å². The molecule has 23 heavy (non-hydrogen) atoms. The summed E-state index contributed by atoms with van der Waals surface area (Å²) in [5.74, 6) is 9.09. The fourth-order valence-electron chi connectivity index (χ4n) is 2.52. The number of fused-ring (bicyclic) bond motifs is 1. The Morgan fingerprint density at radius 3 is 2.65 bits per heavy atom. The molecule has 0 saturated heterocycles. The summed E-state index contributed by atoms with van der Waals surface area (Å²) < 4.78 is 2.24. The Bertz CT molecular complexity index is 909. The van der Waals surface area contributed by atoms with Crippen LogP contribution in [0.2, 0.25) is 0 Å². The molecular formula is C21H17N2+. The van der Waals surface area contributed by atoms with Gasteiger partial charge in [-0.2, -0.15) is 4.57 Å². The van der Waals surface area contributed by atoms with Crippen LogP contribution < -0.4 is 4.57 Å². The highest BCUT2D eigenvalue weighted by molar-refractivity contribution is 5.75. The Hall–Kier alpha value is -3.10. The van der Waals surface area contributed by atoms with Gasteiger partial charge in [-0.05, 0) is 30.2 Å². The van der Waals surface area contributed by atoms with Crippen LogP contribution in [0.1, 0.15) is 24.2 Å². The van der Waals surface area contributed by atoms with Crippen LogP contribution in [0.5, 0.6) is 0 Å². The molecule has 2 nitrogen and oxygen atoms in total. The quantitative estimate of drug-likeness (QED) is 0.411. The zero-order valence-corrected chi connectivity index (χ0v) is 12.9. The molecular weight excluding hydrogens is 280 g/mol. The van der Waals surface area contributed by atoms with Gasteiger partial charge in [-0.25, -0.2) is 4.98 Å². The van der Waals surface area contributed by atoms with Gasteiger partial charge in [0, 0.05) is 42.5 Å². The van der Waals surface area contributed by atoms with E-state index in [1.165, 1.54) is 10.9 Å². The fourth-order valence-corrected chi connectivity index (χ4v) is 2.52. The van der Waals surface area contributed by atoms with E-state index in [1.54, 1.807) is 6.20 Å². The van der Waals surface area contributed by atoms with Crippen LogP contribution in [0.25, 0.3) is 10.9 Å². The van der Waals surface area contributed by atoms with E-state index in [9.17, 15) is 0 Å². The van der Waals surface area contributed by atoms with E-state index in [1.807, 2.05) is 24.3 Å². The summed E-state index contributed by atoms with van der Waals surface area (Å²) in [5, 5.41) is 1.21. The molecule has 0 bridgehead atoms. The first-order valence-electron chi connectivity index (χ1n) is 7.66. The maximum Gasteiger partial charge on any atom is 0.257 e. The number of aryl methyl sites for hydroxylation is 1. The van der Waals surface area contributed by atoms with Crippen LogP contribution in [0.4, 0.5) is 0 Å². The molecule has 2 heterocycles. The smallest absolute Gasteiger partial charge is 0.248 e. The minimum Gasteiger partial charge on any atom is -0.248 e. The van der Waals surface area contributed by atoms with Gasteiger partial charge >= 0.3 is 0 Å². The van der Waals surface area contributed by atoms with Crippen LogP contribution >= 0.6 is 0 Å². The first-order valence-corrected chi connectivity index (χ1v) is 7.66. The molecule has 0 saturated carbocycles. The Kier molecular flexibility index (Phi) is 4.67. The molecule has 2 heteroatoms. The van der Waals surface area contributed by atoms with Crippen LogP contribution in [-0.2, 0) is 6.54 Å². The Balaban J connectivity index is 2.04. The zero-order chi connectivity index (χ0) is 15.9. The van der Waals surface area contributed by atoms with E-state index in [4.69, 9.17) is 6.42 Å². The van der Waals surface area contributed by atoms with Crippen LogP contribution in [0, 0.1) is 24.2 Å². The molecule has 0 spiro atoms. The largest absolute Gasteiger partial charge is 0.257 e. The van der Waals surface area contributed by atoms with Gasteiger partial charge in [0.2, 0.25) is 5.52 Å². The number of para-hydroxylation sites is 1. The third-order valence-electron chi connectivity index (χ3n) is 3.63. The van der Waals surface area contributed by atoms with Crippen LogP contribution in [0.15, 0.2) is 60.8 Å². The highest BCUT2D eigenvalue weighted by Gasteiger charge is 2.13. The van der Waals surface area contributed by atoms with Crippen molar-refractivity contribution in [2.45, 2.75) is 19.4 Å². The summed E-state index contributed by atoms with van der Waals surface area (Å²) in [6.07, 6.45) is 8.84. The summed E-state index contributed by atoms with van der Waals surface area (Å²) in [6.45, 7) is 0.859. The first kappa shape index (κ1) is 14.8. The Labute approximate surface area is 136 Å². The van der Waals surface area contributed by atoms with Crippen molar-refractivity contribution >= 4 is 10.9 Å². The monoisotopic (exact) mass is 297 g/mol. The molecule has 0 fully saturated rings. The molecule has 3 rings (SSSR count). The van der Waals surface area contributed by atoms with Gasteiger partial charge < -0.3 is 0 Å². The standard InChI is InChI=1S/C21H17N2/c1-2-3-8-17-23-20(15-13-19-10-6-7-16-22-19)14-12-18-9-4-5-11-21(18)23/h1,4-7,9-12,14,16H,3,8,17H2/q+1. The second-order valence-corrected chi connectivity index (χ2v) is 5.20. The second-order valence-electron chi connectivity index (χ2n) is 5.20. The van der Waals surface area contributed by atoms with E-state index in [0.717, 1.165) is 30.8 Å². The third-order valence-corrected chi connectivity index (χ3v) is 3.63. The molecule has 0 unspecified atom stereocenters. The SMILES string of the molecule is C#CCCC[n+]1c(C#Cc2ccccn2)ccc2ccccc21. The van der Waals surface area contributed by atoms with E-state index in [-0.39, 0.29) is 0 Å². The fraction of sp³-hybridized carbons (Fsp3) is 0.143. The lowest BCUT2D eigenvalue weighted by molar-refractivity contribution is -0.674. The molecule has 0 N–H and O–H groups in total. The number of nitrogens with zero attached hydrogens (tertiary/aromatic N) is 2. The van der Waals surface area contributed by atoms with E-state index in [2.05, 4.69) is 57.6 Å². The highest BCUT2D eigenvalue weighted by Crippen LogP contribution is 2.11. The molecule has 3 aromatic rings. The minimum atomic E-state index is 0.767. The number of terminal acetylenes is 1. The van der Waals surface area contributed by atoms with Gasteiger partial charge in [0.1, 0.15) is 5.69 Å². The number of rotatable bonds is 3. The minimum absolute atomic E-state index is 0.767. The van der Waals surface area contributed by atoms with Crippen molar-refractivity contribution in [3.05, 3.63) is 72.2 Å². The molecule has 0 amide bonds. The molecule has 2 aromatic heterocycles. The molecule has 0 radical (unpaired) electrons. The second kappa shape index (κ2) is 7.25. The zero-order valence-electron chi connectivity index (χ0n) is 12.9. The normalized spacial score (nSPS) is 9.87. The van der Waals surface area contributed by atoms with Crippen molar-refractivity contribution in [2.75, 3.05) is 0 Å². The predicted molar refractivity (Wildman–Crippen MR) is 92.4 cm³/mol. The van der Waals surface area contributed by atoms with Crippen molar-refractivity contribution in [3.63, 3.8) is 0 Å². The van der Waals surface area contributed by atoms with E-state index >= 15 is 0 Å². The number of pyridine rings is 2. The Morgan fingerprint density at radius 2 is 1.83 bits per heavy atom. The maximum atomic E-state index is 5.38. The predicted octanol–water partition coefficient (Wildman–Crippen LogP) is 3.34. The molecule has 0 aliphatic rings. The van der Waals surface area contributed by atoms with Crippen LogP contribution in [0.3, 0.4) is 0 Å². The van der Waals surface area contributed by atoms with Gasteiger partial charge in [-0.3, -0.25) is 0 Å². The molecule has 1 aromatic carbocycles. The first-order chi connectivity index (χ1) is 11.4. The maximum absolute atomic E-state index is 5.38. The average molecular weight is 297 g/mol. The van der Waals surface area contributed by atoms with Gasteiger partial charge in [-0.1, -0.05) is 18.2 Å². The molecule has 0 aliphatic carbocycles. The summed E-state index contributed by atoms with van der Waals surface area (Å²) in [6, 6.07) is 18.3. The molecule has 110 valence electrons. The van der Waals surface area contributed by atoms with Crippen molar-refractivity contribution < 1.29 is 4.57 Å². The van der Waals surface area contributed by atoms with Crippen molar-refractivity contribution in [1.29, 1.82) is 0 Å². The topological polar surface area (TPSA) is 16.8 Å². The van der Waals surface area contributed by atoms with Crippen molar-refractivity contribution in [1.82, 2.24) is 4.98 Å². The summed E-state index contributed by atoms with van der Waals surface area (Å²) in [7, 11) is 0. The highest BCUT2D eigenvalue weighted by atomic mass is 15.0. The lowest BCUT2D eigenvalue weighted by atomic mass is 10.1. The van der Waals surface area contributed by atoms with Gasteiger partial charge in [0.25, 0.3) is 5.69 Å². The lowest BCUT2D eigenvalue weighted by Crippen LogP contribution is -2.38. The lowest BCUT2D eigenvalue weighted by Gasteiger charge is -2.03. The summed E-state index contributed by atoms with van der Waals surface area (Å²) in [4.78, 5) is 4.25. The average Bonchev–Trinajstić information content (AvgIpc) is 2.62. The van der Waals surface area contributed by atoms with E-state index < -0.39 is 0 Å². The van der Waals surface area contributed by atoms with Crippen molar-refractivity contribution in [3.8, 4) is 24.2 Å². The van der Waals surface area contributed by atoms with Gasteiger partial charge in [-0.15, -0.1) is 12.3 Å². The third kappa shape index (κ3) is 3.57. The van der Waals surface area contributed by atoms with Crippen LogP contribution in [-0.4, -0.2) is 4.98 Å². The molecule has 0 aliphatic heterocycles. The molecule has 0 atom stereocenters. The van der Waals surface area contributed by atoms with Crippen molar-refractivity contribution in [2.24, 2.45) is 0 Å².